The summed E-state index contributed by atoms with van der Waals surface area (Å²) in [6.07, 6.45) is 0. The number of aliphatic carboxylic acids is 1. The second-order valence-electron chi connectivity index (χ2n) is 4.69. The smallest absolute Gasteiger partial charge is 0.329 e. The highest BCUT2D eigenvalue weighted by atomic mass is 127. The van der Waals surface area contributed by atoms with Gasteiger partial charge in [0.2, 0.25) is 0 Å². The lowest BCUT2D eigenvalue weighted by Crippen LogP contribution is -2.50. The minimum Gasteiger partial charge on any atom is -0.480 e. The summed E-state index contributed by atoms with van der Waals surface area (Å²) in [5.41, 5.74) is 0.363. The summed E-state index contributed by atoms with van der Waals surface area (Å²) in [5.74, 6) is -1.32. The van der Waals surface area contributed by atoms with E-state index >= 15 is 0 Å². The van der Waals surface area contributed by atoms with Crippen LogP contribution >= 0.6 is 22.6 Å². The Balaban J connectivity index is 3.07. The Hall–Kier alpha value is -1.11. The van der Waals surface area contributed by atoms with Crippen LogP contribution in [0.5, 0.6) is 0 Å². The molecular formula is C13H16INO3. The number of aryl methyl sites for hydroxylation is 1. The summed E-state index contributed by atoms with van der Waals surface area (Å²) in [7, 11) is 1.50. The lowest BCUT2D eigenvalue weighted by molar-refractivity contribution is -0.147. The number of carbonyl (C=O) groups is 2. The van der Waals surface area contributed by atoms with E-state index in [0.717, 1.165) is 9.13 Å². The number of nitrogens with zero attached hydrogens (tertiary/aromatic N) is 1. The first-order valence-electron chi connectivity index (χ1n) is 5.45. The fourth-order valence-corrected chi connectivity index (χ4v) is 1.83. The molecule has 0 saturated heterocycles. The SMILES string of the molecule is Cc1ccc(C(=O)N(C)C(C)(C)C(=O)O)cc1I. The number of carboxylic acids is 1. The molecule has 1 aromatic carbocycles. The van der Waals surface area contributed by atoms with Crippen molar-refractivity contribution < 1.29 is 14.7 Å². The third-order valence-corrected chi connectivity index (χ3v) is 4.25. The Labute approximate surface area is 120 Å². The van der Waals surface area contributed by atoms with E-state index in [1.165, 1.54) is 25.8 Å². The first kappa shape index (κ1) is 14.9. The predicted octanol–water partition coefficient (Wildman–Crippen LogP) is 2.53. The van der Waals surface area contributed by atoms with Gasteiger partial charge in [0, 0.05) is 16.2 Å². The van der Waals surface area contributed by atoms with Crippen LogP contribution in [0.25, 0.3) is 0 Å². The highest BCUT2D eigenvalue weighted by Gasteiger charge is 2.35. The molecule has 0 unspecified atom stereocenters. The van der Waals surface area contributed by atoms with Gasteiger partial charge in [-0.2, -0.15) is 0 Å². The Morgan fingerprint density at radius 2 is 1.89 bits per heavy atom. The molecule has 1 rings (SSSR count). The van der Waals surface area contributed by atoms with Gasteiger partial charge in [0.1, 0.15) is 5.54 Å². The zero-order valence-corrected chi connectivity index (χ0v) is 13.0. The number of halogens is 1. The summed E-state index contributed by atoms with van der Waals surface area (Å²) in [6, 6.07) is 5.34. The predicted molar refractivity (Wildman–Crippen MR) is 77.7 cm³/mol. The summed E-state index contributed by atoms with van der Waals surface area (Å²) in [4.78, 5) is 24.6. The largest absolute Gasteiger partial charge is 0.480 e. The van der Waals surface area contributed by atoms with Crippen LogP contribution in [-0.2, 0) is 4.79 Å². The van der Waals surface area contributed by atoms with Gasteiger partial charge in [0.25, 0.3) is 5.91 Å². The molecule has 4 nitrogen and oxygen atoms in total. The molecule has 1 N–H and O–H groups in total. The number of hydrogen-bond acceptors (Lipinski definition) is 2. The van der Waals surface area contributed by atoms with Gasteiger partial charge < -0.3 is 10.0 Å². The Bertz CT molecular complexity index is 497. The molecule has 0 aliphatic carbocycles. The van der Waals surface area contributed by atoms with Crippen molar-refractivity contribution >= 4 is 34.5 Å². The van der Waals surface area contributed by atoms with Crippen molar-refractivity contribution in [2.24, 2.45) is 0 Å². The fraction of sp³-hybridized carbons (Fsp3) is 0.385. The van der Waals surface area contributed by atoms with Crippen LogP contribution in [0, 0.1) is 10.5 Å². The highest BCUT2D eigenvalue weighted by molar-refractivity contribution is 14.1. The van der Waals surface area contributed by atoms with Gasteiger partial charge in [0.15, 0.2) is 0 Å². The number of likely N-dealkylation sites (N-methyl/N-ethyl adjacent to an activating group) is 1. The van der Waals surface area contributed by atoms with E-state index in [-0.39, 0.29) is 5.91 Å². The van der Waals surface area contributed by atoms with Crippen molar-refractivity contribution in [1.82, 2.24) is 4.90 Å². The summed E-state index contributed by atoms with van der Waals surface area (Å²) in [6.45, 7) is 4.97. The molecular weight excluding hydrogens is 345 g/mol. The van der Waals surface area contributed by atoms with Gasteiger partial charge in [0.05, 0.1) is 0 Å². The molecule has 0 fully saturated rings. The molecule has 98 valence electrons. The van der Waals surface area contributed by atoms with Gasteiger partial charge in [-0.3, -0.25) is 4.79 Å². The van der Waals surface area contributed by atoms with Crippen LogP contribution in [0.1, 0.15) is 29.8 Å². The van der Waals surface area contributed by atoms with Crippen LogP contribution in [0.4, 0.5) is 0 Å². The van der Waals surface area contributed by atoms with Gasteiger partial charge in [-0.1, -0.05) is 6.07 Å². The molecule has 0 radical (unpaired) electrons. The van der Waals surface area contributed by atoms with Crippen LogP contribution in [0.2, 0.25) is 0 Å². The van der Waals surface area contributed by atoms with E-state index in [4.69, 9.17) is 5.11 Å². The monoisotopic (exact) mass is 361 g/mol. The van der Waals surface area contributed by atoms with Crippen LogP contribution in [-0.4, -0.2) is 34.5 Å². The molecule has 0 aliphatic rings. The standard InChI is InChI=1S/C13H16INO3/c1-8-5-6-9(7-10(8)14)11(16)15(4)13(2,3)12(17)18/h5-7H,1-4H3,(H,17,18). The second-order valence-corrected chi connectivity index (χ2v) is 5.85. The number of carbonyl (C=O) groups excluding carboxylic acids is 1. The van der Waals surface area contributed by atoms with E-state index in [9.17, 15) is 9.59 Å². The number of rotatable bonds is 3. The first-order valence-corrected chi connectivity index (χ1v) is 6.53. The Kier molecular flexibility index (Phi) is 4.37. The minimum atomic E-state index is -1.23. The minimum absolute atomic E-state index is 0.291. The first-order chi connectivity index (χ1) is 8.17. The van der Waals surface area contributed by atoms with E-state index in [2.05, 4.69) is 22.6 Å². The van der Waals surface area contributed by atoms with Crippen molar-refractivity contribution in [2.75, 3.05) is 7.05 Å². The molecule has 1 aromatic rings. The molecule has 0 aliphatic heterocycles. The van der Waals surface area contributed by atoms with Crippen molar-refractivity contribution in [3.05, 3.63) is 32.9 Å². The highest BCUT2D eigenvalue weighted by Crippen LogP contribution is 2.19. The maximum Gasteiger partial charge on any atom is 0.329 e. The second kappa shape index (κ2) is 5.26. The van der Waals surface area contributed by atoms with E-state index in [0.29, 0.717) is 5.56 Å². The zero-order chi connectivity index (χ0) is 14.1. The van der Waals surface area contributed by atoms with Crippen molar-refractivity contribution in [3.63, 3.8) is 0 Å². The fourth-order valence-electron chi connectivity index (χ4n) is 1.32. The summed E-state index contributed by atoms with van der Waals surface area (Å²) in [5, 5.41) is 9.11. The van der Waals surface area contributed by atoms with E-state index < -0.39 is 11.5 Å². The molecule has 1 amide bonds. The number of hydrogen-bond donors (Lipinski definition) is 1. The lowest BCUT2D eigenvalue weighted by atomic mass is 10.0. The molecule has 0 aromatic heterocycles. The zero-order valence-electron chi connectivity index (χ0n) is 10.8. The van der Waals surface area contributed by atoms with Crippen molar-refractivity contribution in [3.8, 4) is 0 Å². The number of carboxylic acid groups (broad SMARTS) is 1. The Morgan fingerprint density at radius 3 is 2.33 bits per heavy atom. The third kappa shape index (κ3) is 2.82. The van der Waals surface area contributed by atoms with Gasteiger partial charge >= 0.3 is 5.97 Å². The van der Waals surface area contributed by atoms with Crippen molar-refractivity contribution in [2.45, 2.75) is 26.3 Å². The third-order valence-electron chi connectivity index (χ3n) is 3.09. The normalized spacial score (nSPS) is 11.2. The molecule has 0 heterocycles. The van der Waals surface area contributed by atoms with Gasteiger partial charge in [-0.25, -0.2) is 4.79 Å². The van der Waals surface area contributed by atoms with E-state index in [1.54, 1.807) is 12.1 Å². The molecule has 5 heteroatoms. The van der Waals surface area contributed by atoms with Gasteiger partial charge in [-0.15, -0.1) is 0 Å². The summed E-state index contributed by atoms with van der Waals surface area (Å²) >= 11 is 2.15. The van der Waals surface area contributed by atoms with Crippen molar-refractivity contribution in [1.29, 1.82) is 0 Å². The van der Waals surface area contributed by atoms with Crippen LogP contribution in [0.15, 0.2) is 18.2 Å². The molecule has 0 saturated carbocycles. The maximum atomic E-state index is 12.2. The average molecular weight is 361 g/mol. The van der Waals surface area contributed by atoms with Crippen LogP contribution in [0.3, 0.4) is 0 Å². The molecule has 18 heavy (non-hydrogen) atoms. The molecule has 0 atom stereocenters. The maximum absolute atomic E-state index is 12.2. The average Bonchev–Trinajstić information content (AvgIpc) is 2.30. The molecule has 0 spiro atoms. The number of amides is 1. The number of benzene rings is 1. The summed E-state index contributed by atoms with van der Waals surface area (Å²) < 4.78 is 0.986. The lowest BCUT2D eigenvalue weighted by Gasteiger charge is -2.31. The molecule has 0 bridgehead atoms. The quantitative estimate of drug-likeness (QED) is 0.842. The van der Waals surface area contributed by atoms with Crippen LogP contribution < -0.4 is 0 Å². The Morgan fingerprint density at radius 1 is 1.33 bits per heavy atom. The topological polar surface area (TPSA) is 57.6 Å². The van der Waals surface area contributed by atoms with Gasteiger partial charge in [-0.05, 0) is 61.1 Å². The van der Waals surface area contributed by atoms with E-state index in [1.807, 2.05) is 13.0 Å².